The molecule has 1 heterocycles. The zero-order valence-electron chi connectivity index (χ0n) is 3.02. The molecule has 0 saturated heterocycles. The number of hydrogen-bond acceptors (Lipinski definition) is 0. The molecule has 0 amide bonds. The van der Waals surface area contributed by atoms with E-state index in [1.165, 1.54) is 0 Å². The summed E-state index contributed by atoms with van der Waals surface area (Å²) in [6.45, 7) is 0. The first-order chi connectivity index (χ1) is 2.50. The molecule has 1 rings (SSSR count). The van der Waals surface area contributed by atoms with Crippen molar-refractivity contribution in [1.82, 2.24) is 0 Å². The molecule has 0 atom stereocenters. The van der Waals surface area contributed by atoms with Crippen LogP contribution in [0.3, 0.4) is 0 Å². The maximum atomic E-state index is 2.44. The van der Waals surface area contributed by atoms with Crippen molar-refractivity contribution >= 4 is 35.1 Å². The van der Waals surface area contributed by atoms with Crippen molar-refractivity contribution in [1.29, 1.82) is 0 Å². The van der Waals surface area contributed by atoms with Crippen LogP contribution in [0.1, 0.15) is 0 Å². The zero-order chi connectivity index (χ0) is 3.54. The van der Waals surface area contributed by atoms with Crippen LogP contribution >= 0.6 is 0 Å². The van der Waals surface area contributed by atoms with E-state index in [1.807, 2.05) is 0 Å². The molecule has 0 aromatic rings. The van der Waals surface area contributed by atoms with Crippen LogP contribution in [0, 0.1) is 0 Å². The first kappa shape index (κ1) is 3.92. The SMILES string of the molecule is C1=[CH][PbH2][SiH]=C1. The van der Waals surface area contributed by atoms with Crippen molar-refractivity contribution < 1.29 is 0 Å². The minimum absolute atomic E-state index is 0.184. The summed E-state index contributed by atoms with van der Waals surface area (Å²) in [4.78, 5) is 0. The molecule has 0 saturated carbocycles. The topological polar surface area (TPSA) is 0 Å². The van der Waals surface area contributed by atoms with Gasteiger partial charge in [-0.3, -0.25) is 0 Å². The molecule has 0 aromatic carbocycles. The van der Waals surface area contributed by atoms with Gasteiger partial charge in [0.25, 0.3) is 0 Å². The Bertz CT molecular complexity index is 65.0. The molecule has 2 heteroatoms. The molecule has 1 aliphatic rings. The van der Waals surface area contributed by atoms with Gasteiger partial charge in [-0.15, -0.1) is 0 Å². The third kappa shape index (κ3) is 1.09. The van der Waals surface area contributed by atoms with Gasteiger partial charge in [0, 0.05) is 0 Å². The molecule has 0 spiro atoms. The van der Waals surface area contributed by atoms with Crippen molar-refractivity contribution in [3.63, 3.8) is 0 Å². The van der Waals surface area contributed by atoms with E-state index in [1.54, 1.807) is 0 Å². The summed E-state index contributed by atoms with van der Waals surface area (Å²) < 4.78 is 2.44. The minimum atomic E-state index is -0.184. The Morgan fingerprint density at radius 3 is 2.80 bits per heavy atom. The summed E-state index contributed by atoms with van der Waals surface area (Å²) in [7, 11) is 0. The van der Waals surface area contributed by atoms with Gasteiger partial charge in [0.05, 0.1) is 0 Å². The molecule has 26 valence electrons. The van der Waals surface area contributed by atoms with Crippen LogP contribution in [0.5, 0.6) is 0 Å². The van der Waals surface area contributed by atoms with Gasteiger partial charge < -0.3 is 0 Å². The second kappa shape index (κ2) is 2.02. The molecule has 0 nitrogen and oxygen atoms in total. The van der Waals surface area contributed by atoms with Gasteiger partial charge in [-0.05, 0) is 0 Å². The van der Waals surface area contributed by atoms with E-state index >= 15 is 0 Å². The van der Waals surface area contributed by atoms with Gasteiger partial charge in [-0.2, -0.15) is 0 Å². The number of allylic oxidation sites excluding steroid dienone is 1. The Labute approximate surface area is 44.8 Å². The van der Waals surface area contributed by atoms with Crippen LogP contribution in [0.4, 0.5) is 0 Å². The Morgan fingerprint density at radius 2 is 2.60 bits per heavy atom. The van der Waals surface area contributed by atoms with Gasteiger partial charge >= 0.3 is 44.8 Å². The molecule has 1 aliphatic heterocycles. The Hall–Kier alpha value is 0.749. The van der Waals surface area contributed by atoms with Crippen LogP contribution in [-0.2, 0) is 0 Å². The quantitative estimate of drug-likeness (QED) is 0.490. The first-order valence-corrected chi connectivity index (χ1v) is 16.0. The fourth-order valence-corrected chi connectivity index (χ4v) is 10.3. The van der Waals surface area contributed by atoms with Crippen LogP contribution in [0.15, 0.2) is 9.71 Å². The van der Waals surface area contributed by atoms with Crippen molar-refractivity contribution in [3.05, 3.63) is 9.71 Å². The van der Waals surface area contributed by atoms with E-state index in [0.29, 0.717) is 0 Å². The average Bonchev–Trinajstić information content (AvgIpc) is 1.76. The zero-order valence-corrected chi connectivity index (χ0v) is 9.67. The van der Waals surface area contributed by atoms with Crippen molar-refractivity contribution in [2.45, 2.75) is 0 Å². The van der Waals surface area contributed by atoms with Crippen LogP contribution in [-0.4, -0.2) is 35.1 Å². The molecule has 0 N–H and O–H groups in total. The Morgan fingerprint density at radius 1 is 1.60 bits per heavy atom. The fraction of sp³-hybridized carbons (Fsp3) is 0. The summed E-state index contributed by atoms with van der Waals surface area (Å²) >= 11 is -0.184. The molecule has 0 radical (unpaired) electrons. The summed E-state index contributed by atoms with van der Waals surface area (Å²) in [6, 6.07) is 0. The normalized spacial score (nSPS) is 22.4. The fourth-order valence-electron chi connectivity index (χ4n) is 0.393. The standard InChI is InChI=1S/C3H4Si.Pb.2H/c1-2-3-4;;;/h1-4H;;;. The van der Waals surface area contributed by atoms with Crippen molar-refractivity contribution in [2.75, 3.05) is 0 Å². The second-order valence-corrected chi connectivity index (χ2v) is 15.2. The Kier molecular flexibility index (Phi) is 1.58. The second-order valence-electron chi connectivity index (χ2n) is 1.09. The summed E-state index contributed by atoms with van der Waals surface area (Å²) in [6.07, 6.45) is 3.16. The monoisotopic (exact) mass is 278 g/mol. The van der Waals surface area contributed by atoms with Crippen molar-refractivity contribution in [2.24, 2.45) is 0 Å². The van der Waals surface area contributed by atoms with Crippen LogP contribution in [0.2, 0.25) is 0 Å². The van der Waals surface area contributed by atoms with E-state index in [4.69, 9.17) is 0 Å². The van der Waals surface area contributed by atoms with Crippen LogP contribution < -0.4 is 0 Å². The van der Waals surface area contributed by atoms with E-state index in [0.717, 1.165) is 6.07 Å². The predicted octanol–water partition coefficient (Wildman–Crippen LogP) is -1.16. The van der Waals surface area contributed by atoms with Gasteiger partial charge in [0.1, 0.15) is 0 Å². The number of hydrogen-bond donors (Lipinski definition) is 0. The molecule has 0 aliphatic carbocycles. The molecule has 0 fully saturated rings. The molecular formula is C3H6PbSi. The summed E-state index contributed by atoms with van der Waals surface area (Å²) in [5, 5.41) is 0. The van der Waals surface area contributed by atoms with E-state index in [-0.39, 0.29) is 23.4 Å². The summed E-state index contributed by atoms with van der Waals surface area (Å²) in [5.74, 6) is 0. The van der Waals surface area contributed by atoms with E-state index in [2.05, 4.69) is 15.4 Å². The maximum absolute atomic E-state index is 2.44. The molecule has 5 heavy (non-hydrogen) atoms. The van der Waals surface area contributed by atoms with Crippen molar-refractivity contribution in [3.8, 4) is 0 Å². The molecule has 0 bridgehead atoms. The molecular weight excluding hydrogens is 271 g/mol. The van der Waals surface area contributed by atoms with E-state index in [9.17, 15) is 0 Å². The Balaban J connectivity index is 2.61. The van der Waals surface area contributed by atoms with Gasteiger partial charge in [-0.1, -0.05) is 0 Å². The van der Waals surface area contributed by atoms with Crippen LogP contribution in [0.25, 0.3) is 0 Å². The molecule has 0 unspecified atom stereocenters. The average molecular weight is 277 g/mol. The third-order valence-corrected chi connectivity index (χ3v) is 12.3. The molecule has 0 aromatic heterocycles. The van der Waals surface area contributed by atoms with Gasteiger partial charge in [0.2, 0.25) is 0 Å². The number of rotatable bonds is 0. The first-order valence-electron chi connectivity index (χ1n) is 1.82. The third-order valence-electron chi connectivity index (χ3n) is 0.655. The van der Waals surface area contributed by atoms with E-state index < -0.39 is 0 Å². The summed E-state index contributed by atoms with van der Waals surface area (Å²) in [5.41, 5.74) is 2.36. The van der Waals surface area contributed by atoms with Gasteiger partial charge in [0.15, 0.2) is 0 Å². The predicted molar refractivity (Wildman–Crippen MR) is 30.9 cm³/mol. The van der Waals surface area contributed by atoms with Gasteiger partial charge in [-0.25, -0.2) is 0 Å².